The van der Waals surface area contributed by atoms with Gasteiger partial charge in [-0.25, -0.2) is 0 Å². The minimum Gasteiger partial charge on any atom is -0.367 e. The molecule has 0 atom stereocenters. The van der Waals surface area contributed by atoms with Gasteiger partial charge in [0, 0.05) is 11.2 Å². The van der Waals surface area contributed by atoms with Crippen molar-refractivity contribution < 1.29 is 4.52 Å². The Kier molecular flexibility index (Phi) is 2.77. The van der Waals surface area contributed by atoms with Gasteiger partial charge < -0.3 is 10.3 Å². The molecule has 90 valence electrons. The standard InChI is InChI=1S/C12H8ClN3OS/c13-8-3-1-7(2-4-8)10-11(16-17-12(10)14)9-5-15-6-18-9/h1-6H,14H2. The molecule has 3 aromatic rings. The summed E-state index contributed by atoms with van der Waals surface area (Å²) < 4.78 is 5.08. The Bertz CT molecular complexity index is 661. The molecule has 0 unspecified atom stereocenters. The average Bonchev–Trinajstić information content (AvgIpc) is 2.99. The molecule has 0 fully saturated rings. The molecular weight excluding hydrogens is 270 g/mol. The molecule has 4 nitrogen and oxygen atoms in total. The fourth-order valence-electron chi connectivity index (χ4n) is 1.70. The predicted octanol–water partition coefficient (Wildman–Crippen LogP) is 3.70. The van der Waals surface area contributed by atoms with Crippen LogP contribution in [0.4, 0.5) is 5.88 Å². The van der Waals surface area contributed by atoms with Gasteiger partial charge in [0.1, 0.15) is 5.69 Å². The Morgan fingerprint density at radius 1 is 1.22 bits per heavy atom. The maximum absolute atomic E-state index is 5.87. The maximum atomic E-state index is 5.87. The average molecular weight is 278 g/mol. The summed E-state index contributed by atoms with van der Waals surface area (Å²) in [7, 11) is 0. The highest BCUT2D eigenvalue weighted by Crippen LogP contribution is 2.37. The van der Waals surface area contributed by atoms with E-state index in [1.165, 1.54) is 11.3 Å². The second-order valence-corrected chi connectivity index (χ2v) is 4.97. The Hall–Kier alpha value is -1.85. The van der Waals surface area contributed by atoms with E-state index in [0.29, 0.717) is 16.6 Å². The van der Waals surface area contributed by atoms with Crippen molar-refractivity contribution in [3.63, 3.8) is 0 Å². The van der Waals surface area contributed by atoms with Crippen LogP contribution >= 0.6 is 22.9 Å². The van der Waals surface area contributed by atoms with E-state index in [2.05, 4.69) is 10.1 Å². The zero-order chi connectivity index (χ0) is 12.5. The molecule has 0 spiro atoms. The van der Waals surface area contributed by atoms with Crippen molar-refractivity contribution in [2.75, 3.05) is 5.73 Å². The van der Waals surface area contributed by atoms with Crippen molar-refractivity contribution in [2.45, 2.75) is 0 Å². The highest BCUT2D eigenvalue weighted by molar-refractivity contribution is 7.13. The molecule has 0 aliphatic heterocycles. The molecule has 2 N–H and O–H groups in total. The van der Waals surface area contributed by atoms with Gasteiger partial charge in [-0.15, -0.1) is 11.3 Å². The summed E-state index contributed by atoms with van der Waals surface area (Å²) in [5.41, 5.74) is 9.98. The van der Waals surface area contributed by atoms with Gasteiger partial charge in [0.05, 0.1) is 16.0 Å². The first-order chi connectivity index (χ1) is 8.75. The Morgan fingerprint density at radius 3 is 2.67 bits per heavy atom. The summed E-state index contributed by atoms with van der Waals surface area (Å²) in [4.78, 5) is 4.95. The summed E-state index contributed by atoms with van der Waals surface area (Å²) in [6.07, 6.45) is 1.74. The lowest BCUT2D eigenvalue weighted by Crippen LogP contribution is -1.86. The van der Waals surface area contributed by atoms with Crippen molar-refractivity contribution >= 4 is 28.8 Å². The summed E-state index contributed by atoms with van der Waals surface area (Å²) in [6.45, 7) is 0. The van der Waals surface area contributed by atoms with E-state index in [1.807, 2.05) is 12.1 Å². The first-order valence-corrected chi connectivity index (χ1v) is 6.41. The lowest BCUT2D eigenvalue weighted by atomic mass is 10.1. The van der Waals surface area contributed by atoms with Crippen LogP contribution in [0.2, 0.25) is 5.02 Å². The first-order valence-electron chi connectivity index (χ1n) is 5.15. The minimum atomic E-state index is 0.292. The number of hydrogen-bond donors (Lipinski definition) is 1. The lowest BCUT2D eigenvalue weighted by molar-refractivity contribution is 0.439. The Balaban J connectivity index is 2.17. The zero-order valence-electron chi connectivity index (χ0n) is 9.13. The molecule has 0 radical (unpaired) electrons. The predicted molar refractivity (Wildman–Crippen MR) is 72.5 cm³/mol. The van der Waals surface area contributed by atoms with E-state index in [9.17, 15) is 0 Å². The normalized spacial score (nSPS) is 10.7. The summed E-state index contributed by atoms with van der Waals surface area (Å²) in [6, 6.07) is 7.38. The molecule has 18 heavy (non-hydrogen) atoms. The Morgan fingerprint density at radius 2 is 2.00 bits per heavy atom. The molecule has 2 heterocycles. The van der Waals surface area contributed by atoms with Gasteiger partial charge in [-0.2, -0.15) is 0 Å². The lowest BCUT2D eigenvalue weighted by Gasteiger charge is -2.00. The molecule has 0 bridgehead atoms. The zero-order valence-corrected chi connectivity index (χ0v) is 10.7. The number of thiazole rings is 1. The monoisotopic (exact) mass is 277 g/mol. The van der Waals surface area contributed by atoms with Crippen LogP contribution < -0.4 is 5.73 Å². The number of rotatable bonds is 2. The van der Waals surface area contributed by atoms with E-state index in [0.717, 1.165) is 16.0 Å². The van der Waals surface area contributed by atoms with Crippen LogP contribution in [0.1, 0.15) is 0 Å². The van der Waals surface area contributed by atoms with Crippen molar-refractivity contribution in [1.29, 1.82) is 0 Å². The van der Waals surface area contributed by atoms with E-state index < -0.39 is 0 Å². The number of nitrogen functional groups attached to an aromatic ring is 1. The number of aromatic nitrogens is 2. The van der Waals surface area contributed by atoms with E-state index in [1.54, 1.807) is 23.8 Å². The van der Waals surface area contributed by atoms with Crippen LogP contribution in [-0.2, 0) is 0 Å². The van der Waals surface area contributed by atoms with Gasteiger partial charge in [0.15, 0.2) is 0 Å². The molecule has 0 saturated heterocycles. The fourth-order valence-corrected chi connectivity index (χ4v) is 2.43. The van der Waals surface area contributed by atoms with Crippen LogP contribution in [0.5, 0.6) is 0 Å². The smallest absolute Gasteiger partial charge is 0.230 e. The number of benzene rings is 1. The van der Waals surface area contributed by atoms with Crippen LogP contribution in [0, 0.1) is 0 Å². The SMILES string of the molecule is Nc1onc(-c2cncs2)c1-c1ccc(Cl)cc1. The van der Waals surface area contributed by atoms with Crippen LogP contribution in [0.3, 0.4) is 0 Å². The third-order valence-corrected chi connectivity index (χ3v) is 3.55. The van der Waals surface area contributed by atoms with Crippen molar-refractivity contribution in [2.24, 2.45) is 0 Å². The molecule has 0 saturated carbocycles. The number of nitrogens with zero attached hydrogens (tertiary/aromatic N) is 2. The molecule has 0 aliphatic rings. The molecule has 2 aromatic heterocycles. The van der Waals surface area contributed by atoms with E-state index >= 15 is 0 Å². The topological polar surface area (TPSA) is 64.9 Å². The van der Waals surface area contributed by atoms with Gasteiger partial charge in [0.25, 0.3) is 0 Å². The van der Waals surface area contributed by atoms with E-state index in [-0.39, 0.29) is 0 Å². The minimum absolute atomic E-state index is 0.292. The fraction of sp³-hybridized carbons (Fsp3) is 0. The molecule has 1 aromatic carbocycles. The summed E-state index contributed by atoms with van der Waals surface area (Å²) in [5.74, 6) is 0.292. The van der Waals surface area contributed by atoms with Gasteiger partial charge in [-0.3, -0.25) is 4.98 Å². The maximum Gasteiger partial charge on any atom is 0.230 e. The summed E-state index contributed by atoms with van der Waals surface area (Å²) >= 11 is 7.36. The quantitative estimate of drug-likeness (QED) is 0.776. The van der Waals surface area contributed by atoms with Crippen molar-refractivity contribution in [1.82, 2.24) is 10.1 Å². The highest BCUT2D eigenvalue weighted by atomic mass is 35.5. The second kappa shape index (κ2) is 4.44. The van der Waals surface area contributed by atoms with Crippen LogP contribution in [0.25, 0.3) is 21.7 Å². The highest BCUT2D eigenvalue weighted by Gasteiger charge is 2.18. The number of anilines is 1. The Labute approximate surface area is 112 Å². The van der Waals surface area contributed by atoms with Gasteiger partial charge >= 0.3 is 0 Å². The second-order valence-electron chi connectivity index (χ2n) is 3.64. The molecule has 6 heteroatoms. The largest absolute Gasteiger partial charge is 0.367 e. The number of nitrogens with two attached hydrogens (primary N) is 1. The van der Waals surface area contributed by atoms with Crippen LogP contribution in [-0.4, -0.2) is 10.1 Å². The molecule has 3 rings (SSSR count). The number of halogens is 1. The third-order valence-electron chi connectivity index (χ3n) is 2.52. The first kappa shape index (κ1) is 11.3. The molecular formula is C12H8ClN3OS. The van der Waals surface area contributed by atoms with Crippen LogP contribution in [0.15, 0.2) is 40.5 Å². The van der Waals surface area contributed by atoms with Gasteiger partial charge in [-0.1, -0.05) is 28.9 Å². The van der Waals surface area contributed by atoms with Crippen molar-refractivity contribution in [3.8, 4) is 21.7 Å². The van der Waals surface area contributed by atoms with Crippen molar-refractivity contribution in [3.05, 3.63) is 41.0 Å². The third kappa shape index (κ3) is 1.87. The number of hydrogen-bond acceptors (Lipinski definition) is 5. The van der Waals surface area contributed by atoms with Gasteiger partial charge in [0.2, 0.25) is 5.88 Å². The van der Waals surface area contributed by atoms with E-state index in [4.69, 9.17) is 21.9 Å². The molecule has 0 aliphatic carbocycles. The molecule has 0 amide bonds. The summed E-state index contributed by atoms with van der Waals surface area (Å²) in [5, 5.41) is 4.67. The van der Waals surface area contributed by atoms with Gasteiger partial charge in [-0.05, 0) is 17.7 Å².